The van der Waals surface area contributed by atoms with E-state index in [0.29, 0.717) is 30.5 Å². The molecule has 2 aliphatic rings. The second-order valence-electron chi connectivity index (χ2n) is 6.98. The molecule has 3 heterocycles. The molecule has 0 bridgehead atoms. The number of nitrogens with zero attached hydrogens (tertiary/aromatic N) is 4. The molecule has 0 radical (unpaired) electrons. The number of aromatic nitrogens is 3. The number of amides is 1. The Hall–Kier alpha value is -2.41. The fourth-order valence-electron chi connectivity index (χ4n) is 3.57. The van der Waals surface area contributed by atoms with Gasteiger partial charge in [0.1, 0.15) is 5.56 Å². The first-order chi connectivity index (χ1) is 12.7. The van der Waals surface area contributed by atoms with Crippen molar-refractivity contribution in [3.63, 3.8) is 0 Å². The zero-order chi connectivity index (χ0) is 18.1. The molecule has 1 aliphatic carbocycles. The Morgan fingerprint density at radius 2 is 2.19 bits per heavy atom. The van der Waals surface area contributed by atoms with E-state index >= 15 is 0 Å². The third-order valence-corrected chi connectivity index (χ3v) is 5.16. The summed E-state index contributed by atoms with van der Waals surface area (Å²) in [5.41, 5.74) is 2.73. The van der Waals surface area contributed by atoms with Crippen molar-refractivity contribution in [1.82, 2.24) is 19.7 Å². The molecule has 0 aromatic carbocycles. The van der Waals surface area contributed by atoms with Gasteiger partial charge in [-0.25, -0.2) is 4.98 Å². The van der Waals surface area contributed by atoms with Crippen molar-refractivity contribution in [3.05, 3.63) is 41.3 Å². The number of hydrogen-bond acceptors (Lipinski definition) is 5. The molecule has 4 rings (SSSR count). The fraction of sp³-hybridized carbons (Fsp3) is 0.526. The van der Waals surface area contributed by atoms with E-state index in [9.17, 15) is 4.79 Å². The number of hydrogen-bond donors (Lipinski definition) is 0. The molecular formula is C19H24N4O3. The van der Waals surface area contributed by atoms with Crippen molar-refractivity contribution in [2.75, 3.05) is 26.9 Å². The maximum Gasteiger partial charge on any atom is 0.260 e. The van der Waals surface area contributed by atoms with Crippen LogP contribution < -0.4 is 4.74 Å². The van der Waals surface area contributed by atoms with Crippen LogP contribution in [0, 0.1) is 5.92 Å². The van der Waals surface area contributed by atoms with Gasteiger partial charge < -0.3 is 14.4 Å². The molecule has 0 N–H and O–H groups in total. The molecule has 0 unspecified atom stereocenters. The average molecular weight is 356 g/mol. The molecule has 2 aromatic heterocycles. The van der Waals surface area contributed by atoms with Gasteiger partial charge in [-0.3, -0.25) is 9.48 Å². The lowest BCUT2D eigenvalue weighted by molar-refractivity contribution is 0.0345. The zero-order valence-corrected chi connectivity index (χ0v) is 15.2. The molecule has 1 fully saturated rings. The SMILES string of the molecule is COc1ncccc1C(=O)N1CCc2cnn(C)c2[C@H]1COCC1CC1. The number of aryl methyl sites for hydroxylation is 1. The van der Waals surface area contributed by atoms with Crippen LogP contribution in [0.2, 0.25) is 0 Å². The molecule has 0 saturated heterocycles. The summed E-state index contributed by atoms with van der Waals surface area (Å²) in [6, 6.07) is 3.37. The highest BCUT2D eigenvalue weighted by Gasteiger charge is 2.35. The first kappa shape index (κ1) is 17.0. The van der Waals surface area contributed by atoms with Crippen LogP contribution >= 0.6 is 0 Å². The van der Waals surface area contributed by atoms with E-state index in [1.165, 1.54) is 25.5 Å². The van der Waals surface area contributed by atoms with Gasteiger partial charge in [-0.05, 0) is 42.9 Å². The highest BCUT2D eigenvalue weighted by atomic mass is 16.5. The maximum atomic E-state index is 13.3. The predicted octanol–water partition coefficient (Wildman–Crippen LogP) is 1.99. The zero-order valence-electron chi connectivity index (χ0n) is 15.2. The number of ether oxygens (including phenoxy) is 2. The summed E-state index contributed by atoms with van der Waals surface area (Å²) < 4.78 is 13.1. The Balaban J connectivity index is 1.62. The lowest BCUT2D eigenvalue weighted by Crippen LogP contribution is -2.43. The highest BCUT2D eigenvalue weighted by molar-refractivity contribution is 5.96. The van der Waals surface area contributed by atoms with Crippen LogP contribution in [-0.2, 0) is 18.2 Å². The normalized spacial score (nSPS) is 19.3. The van der Waals surface area contributed by atoms with Gasteiger partial charge in [-0.2, -0.15) is 5.10 Å². The van der Waals surface area contributed by atoms with Gasteiger partial charge in [0.25, 0.3) is 5.91 Å². The fourth-order valence-corrected chi connectivity index (χ4v) is 3.57. The summed E-state index contributed by atoms with van der Waals surface area (Å²) in [5, 5.41) is 4.39. The van der Waals surface area contributed by atoms with Gasteiger partial charge in [-0.15, -0.1) is 0 Å². The predicted molar refractivity (Wildman–Crippen MR) is 95.0 cm³/mol. The topological polar surface area (TPSA) is 69.5 Å². The quantitative estimate of drug-likeness (QED) is 0.792. The molecule has 7 heteroatoms. The second kappa shape index (κ2) is 7.07. The van der Waals surface area contributed by atoms with Crippen molar-refractivity contribution in [1.29, 1.82) is 0 Å². The molecular weight excluding hydrogens is 332 g/mol. The van der Waals surface area contributed by atoms with E-state index in [2.05, 4.69) is 10.1 Å². The van der Waals surface area contributed by atoms with Crippen molar-refractivity contribution >= 4 is 5.91 Å². The molecule has 138 valence electrons. The monoisotopic (exact) mass is 356 g/mol. The maximum absolute atomic E-state index is 13.3. The Morgan fingerprint density at radius 1 is 1.35 bits per heavy atom. The minimum atomic E-state index is -0.151. The molecule has 2 aromatic rings. The van der Waals surface area contributed by atoms with Crippen LogP contribution in [0.15, 0.2) is 24.5 Å². The standard InChI is InChI=1S/C19H24N4O3/c1-22-17-14(10-21-22)7-9-23(16(17)12-26-11-13-5-6-13)19(24)15-4-3-8-20-18(15)25-2/h3-4,8,10,13,16H,5-7,9,11-12H2,1-2H3/t16-/m1/s1. The third-order valence-electron chi connectivity index (χ3n) is 5.16. The lowest BCUT2D eigenvalue weighted by Gasteiger charge is -2.36. The van der Waals surface area contributed by atoms with Crippen molar-refractivity contribution < 1.29 is 14.3 Å². The Kier molecular flexibility index (Phi) is 4.63. The number of carbonyl (C=O) groups is 1. The van der Waals surface area contributed by atoms with Crippen LogP contribution in [0.5, 0.6) is 5.88 Å². The van der Waals surface area contributed by atoms with Crippen molar-refractivity contribution in [2.24, 2.45) is 13.0 Å². The number of fused-ring (bicyclic) bond motifs is 1. The smallest absolute Gasteiger partial charge is 0.260 e. The van der Waals surface area contributed by atoms with Crippen molar-refractivity contribution in [3.8, 4) is 5.88 Å². The number of methoxy groups -OCH3 is 1. The average Bonchev–Trinajstić information content (AvgIpc) is 3.42. The Bertz CT molecular complexity index is 800. The molecule has 1 atom stereocenters. The van der Waals surface area contributed by atoms with Crippen LogP contribution in [0.3, 0.4) is 0 Å². The number of carbonyl (C=O) groups excluding carboxylic acids is 1. The molecule has 1 saturated carbocycles. The number of pyridine rings is 1. The van der Waals surface area contributed by atoms with Gasteiger partial charge in [0, 0.05) is 26.4 Å². The van der Waals surface area contributed by atoms with Crippen LogP contribution in [0.1, 0.15) is 40.5 Å². The van der Waals surface area contributed by atoms with Crippen LogP contribution in [0.4, 0.5) is 0 Å². The van der Waals surface area contributed by atoms with Gasteiger partial charge >= 0.3 is 0 Å². The molecule has 0 spiro atoms. The summed E-state index contributed by atoms with van der Waals surface area (Å²) >= 11 is 0. The van der Waals surface area contributed by atoms with Gasteiger partial charge in [0.05, 0.1) is 31.6 Å². The van der Waals surface area contributed by atoms with Crippen molar-refractivity contribution in [2.45, 2.75) is 25.3 Å². The summed E-state index contributed by atoms with van der Waals surface area (Å²) in [5.74, 6) is 0.958. The first-order valence-corrected chi connectivity index (χ1v) is 9.07. The largest absolute Gasteiger partial charge is 0.480 e. The Labute approximate surface area is 152 Å². The van der Waals surface area contributed by atoms with Gasteiger partial charge in [-0.1, -0.05) is 0 Å². The number of rotatable bonds is 6. The van der Waals surface area contributed by atoms with Crippen LogP contribution in [-0.4, -0.2) is 52.4 Å². The molecule has 7 nitrogen and oxygen atoms in total. The highest BCUT2D eigenvalue weighted by Crippen LogP contribution is 2.33. The summed E-state index contributed by atoms with van der Waals surface area (Å²) in [6.07, 6.45) is 6.81. The first-order valence-electron chi connectivity index (χ1n) is 9.07. The van der Waals surface area contributed by atoms with Crippen LogP contribution in [0.25, 0.3) is 0 Å². The molecule has 26 heavy (non-hydrogen) atoms. The van der Waals surface area contributed by atoms with E-state index in [1.54, 1.807) is 18.3 Å². The minimum absolute atomic E-state index is 0.0816. The summed E-state index contributed by atoms with van der Waals surface area (Å²) in [7, 11) is 3.45. The summed E-state index contributed by atoms with van der Waals surface area (Å²) in [4.78, 5) is 19.3. The second-order valence-corrected chi connectivity index (χ2v) is 6.98. The summed E-state index contributed by atoms with van der Waals surface area (Å²) in [6.45, 7) is 1.88. The molecule has 1 aliphatic heterocycles. The molecule has 1 amide bonds. The van der Waals surface area contributed by atoms with E-state index in [1.807, 2.05) is 22.8 Å². The lowest BCUT2D eigenvalue weighted by atomic mass is 9.99. The van der Waals surface area contributed by atoms with Gasteiger partial charge in [0.2, 0.25) is 5.88 Å². The third kappa shape index (κ3) is 3.19. The Morgan fingerprint density at radius 3 is 2.96 bits per heavy atom. The van der Waals surface area contributed by atoms with E-state index < -0.39 is 0 Å². The van der Waals surface area contributed by atoms with E-state index in [4.69, 9.17) is 9.47 Å². The minimum Gasteiger partial charge on any atom is -0.480 e. The van der Waals surface area contributed by atoms with E-state index in [0.717, 1.165) is 18.7 Å². The van der Waals surface area contributed by atoms with E-state index in [-0.39, 0.29) is 11.9 Å². The van der Waals surface area contributed by atoms with Gasteiger partial charge in [0.15, 0.2) is 0 Å².